The Balaban J connectivity index is 2.60. The van der Waals surface area contributed by atoms with Crippen LogP contribution in [0.15, 0.2) is 0 Å². The quantitative estimate of drug-likeness (QED) is 0.714. The molecular formula is C17H36N2. The van der Waals surface area contributed by atoms with Gasteiger partial charge >= 0.3 is 0 Å². The second-order valence-corrected chi connectivity index (χ2v) is 6.40. The first-order chi connectivity index (χ1) is 9.16. The van der Waals surface area contributed by atoms with Crippen molar-refractivity contribution < 1.29 is 0 Å². The van der Waals surface area contributed by atoms with E-state index in [1.54, 1.807) is 0 Å². The molecular weight excluding hydrogens is 232 g/mol. The molecule has 2 unspecified atom stereocenters. The number of hydrogen-bond donors (Lipinski definition) is 1. The third-order valence-corrected chi connectivity index (χ3v) is 5.68. The molecule has 0 aliphatic carbocycles. The molecule has 0 radical (unpaired) electrons. The Morgan fingerprint density at radius 2 is 1.63 bits per heavy atom. The van der Waals surface area contributed by atoms with Crippen LogP contribution in [0, 0.1) is 5.41 Å². The molecule has 1 fully saturated rings. The van der Waals surface area contributed by atoms with Crippen LogP contribution in [0.2, 0.25) is 0 Å². The first-order valence-corrected chi connectivity index (χ1v) is 8.57. The zero-order chi connectivity index (χ0) is 14.3. The summed E-state index contributed by atoms with van der Waals surface area (Å²) < 4.78 is 0. The summed E-state index contributed by atoms with van der Waals surface area (Å²) in [6, 6.07) is 1.41. The van der Waals surface area contributed by atoms with Crippen LogP contribution in [-0.4, -0.2) is 37.1 Å². The lowest BCUT2D eigenvalue weighted by atomic mass is 9.73. The Kier molecular flexibility index (Phi) is 7.38. The van der Waals surface area contributed by atoms with E-state index < -0.39 is 0 Å². The van der Waals surface area contributed by atoms with Gasteiger partial charge < -0.3 is 5.32 Å². The monoisotopic (exact) mass is 268 g/mol. The minimum absolute atomic E-state index is 0.648. The van der Waals surface area contributed by atoms with Crippen LogP contribution in [-0.2, 0) is 0 Å². The Morgan fingerprint density at radius 1 is 1.05 bits per heavy atom. The van der Waals surface area contributed by atoms with Crippen molar-refractivity contribution in [3.8, 4) is 0 Å². The summed E-state index contributed by atoms with van der Waals surface area (Å²) in [5.41, 5.74) is 0.648. The maximum atomic E-state index is 3.56. The highest BCUT2D eigenvalue weighted by Gasteiger charge is 2.34. The highest BCUT2D eigenvalue weighted by molar-refractivity contribution is 4.90. The predicted octanol–water partition coefficient (Wildman–Crippen LogP) is 4.06. The fourth-order valence-electron chi connectivity index (χ4n) is 3.92. The van der Waals surface area contributed by atoms with Crippen LogP contribution in [0.5, 0.6) is 0 Å². The molecule has 1 aliphatic rings. The van der Waals surface area contributed by atoms with E-state index >= 15 is 0 Å². The Hall–Kier alpha value is -0.0800. The summed E-state index contributed by atoms with van der Waals surface area (Å²) in [4.78, 5) is 2.76. The van der Waals surface area contributed by atoms with E-state index in [9.17, 15) is 0 Å². The number of piperidine rings is 1. The van der Waals surface area contributed by atoms with Crippen molar-refractivity contribution in [3.63, 3.8) is 0 Å². The van der Waals surface area contributed by atoms with Crippen molar-refractivity contribution >= 4 is 0 Å². The third-order valence-electron chi connectivity index (χ3n) is 5.68. The number of likely N-dealkylation sites (tertiary alicyclic amines) is 1. The van der Waals surface area contributed by atoms with Gasteiger partial charge in [-0.15, -0.1) is 0 Å². The number of rotatable bonds is 8. The molecule has 114 valence electrons. The zero-order valence-corrected chi connectivity index (χ0v) is 14.0. The summed E-state index contributed by atoms with van der Waals surface area (Å²) in [6.07, 6.45) is 9.38. The van der Waals surface area contributed by atoms with Crippen LogP contribution in [0.25, 0.3) is 0 Å². The number of nitrogens with one attached hydrogen (secondary N) is 1. The van der Waals surface area contributed by atoms with Crippen molar-refractivity contribution in [3.05, 3.63) is 0 Å². The van der Waals surface area contributed by atoms with Crippen LogP contribution < -0.4 is 5.32 Å². The summed E-state index contributed by atoms with van der Waals surface area (Å²) in [5.74, 6) is 0. The molecule has 0 amide bonds. The van der Waals surface area contributed by atoms with E-state index in [4.69, 9.17) is 0 Å². The van der Waals surface area contributed by atoms with E-state index in [2.05, 4.69) is 45.0 Å². The van der Waals surface area contributed by atoms with Crippen molar-refractivity contribution in [1.29, 1.82) is 0 Å². The first kappa shape index (κ1) is 17.0. The predicted molar refractivity (Wildman–Crippen MR) is 85.7 cm³/mol. The van der Waals surface area contributed by atoms with Crippen LogP contribution in [0.4, 0.5) is 0 Å². The highest BCUT2D eigenvalue weighted by atomic mass is 15.2. The van der Waals surface area contributed by atoms with Crippen molar-refractivity contribution in [1.82, 2.24) is 10.2 Å². The van der Waals surface area contributed by atoms with Gasteiger partial charge in [-0.3, -0.25) is 4.90 Å². The van der Waals surface area contributed by atoms with E-state index in [1.807, 2.05) is 0 Å². The molecule has 0 spiro atoms. The molecule has 1 N–H and O–H groups in total. The van der Waals surface area contributed by atoms with E-state index in [-0.39, 0.29) is 0 Å². The highest BCUT2D eigenvalue weighted by Crippen LogP contribution is 2.38. The molecule has 0 aromatic rings. The molecule has 19 heavy (non-hydrogen) atoms. The van der Waals surface area contributed by atoms with Gasteiger partial charge in [0, 0.05) is 12.1 Å². The average molecular weight is 268 g/mol. The number of likely N-dealkylation sites (N-methyl/N-ethyl adjacent to an activating group) is 1. The van der Waals surface area contributed by atoms with Gasteiger partial charge in [0.2, 0.25) is 0 Å². The van der Waals surface area contributed by atoms with Gasteiger partial charge in [-0.1, -0.05) is 47.0 Å². The molecule has 0 aromatic carbocycles. The smallest absolute Gasteiger partial charge is 0.0246 e. The lowest BCUT2D eigenvalue weighted by molar-refractivity contribution is 0.0504. The molecule has 0 bridgehead atoms. The molecule has 1 rings (SSSR count). The minimum atomic E-state index is 0.648. The lowest BCUT2D eigenvalue weighted by Gasteiger charge is -2.45. The maximum Gasteiger partial charge on any atom is 0.0246 e. The zero-order valence-electron chi connectivity index (χ0n) is 14.0. The van der Waals surface area contributed by atoms with Crippen molar-refractivity contribution in [2.24, 2.45) is 5.41 Å². The van der Waals surface area contributed by atoms with Gasteiger partial charge in [0.1, 0.15) is 0 Å². The van der Waals surface area contributed by atoms with Crippen molar-refractivity contribution in [2.45, 2.75) is 84.7 Å². The largest absolute Gasteiger partial charge is 0.315 e. The van der Waals surface area contributed by atoms with Crippen LogP contribution >= 0.6 is 0 Å². The topological polar surface area (TPSA) is 15.3 Å². The second-order valence-electron chi connectivity index (χ2n) is 6.40. The second kappa shape index (κ2) is 8.26. The SMILES string of the molecule is CCCC(NC)C(CC)N1CCC(CC)(CC)CC1. The van der Waals surface area contributed by atoms with Crippen LogP contribution in [0.3, 0.4) is 0 Å². The van der Waals surface area contributed by atoms with E-state index in [0.29, 0.717) is 11.5 Å². The van der Waals surface area contributed by atoms with Gasteiger partial charge in [0.25, 0.3) is 0 Å². The van der Waals surface area contributed by atoms with Gasteiger partial charge in [-0.05, 0) is 51.2 Å². The molecule has 2 heteroatoms. The number of nitrogens with zero attached hydrogens (tertiary/aromatic N) is 1. The fourth-order valence-corrected chi connectivity index (χ4v) is 3.92. The van der Waals surface area contributed by atoms with Gasteiger partial charge in [0.15, 0.2) is 0 Å². The van der Waals surface area contributed by atoms with E-state index in [0.717, 1.165) is 6.04 Å². The standard InChI is InChI=1S/C17H36N2/c1-6-10-15(18-5)16(7-2)19-13-11-17(8-3,9-4)12-14-19/h15-16,18H,6-14H2,1-5H3. The fraction of sp³-hybridized carbons (Fsp3) is 1.00. The third kappa shape index (κ3) is 4.19. The molecule has 2 nitrogen and oxygen atoms in total. The molecule has 0 aromatic heterocycles. The summed E-state index contributed by atoms with van der Waals surface area (Å²) in [6.45, 7) is 12.0. The summed E-state index contributed by atoms with van der Waals surface area (Å²) >= 11 is 0. The maximum absolute atomic E-state index is 3.56. The summed E-state index contributed by atoms with van der Waals surface area (Å²) in [7, 11) is 2.13. The molecule has 1 heterocycles. The average Bonchev–Trinajstić information content (AvgIpc) is 2.48. The molecule has 0 saturated carbocycles. The van der Waals surface area contributed by atoms with Gasteiger partial charge in [-0.25, -0.2) is 0 Å². The normalized spacial score (nSPS) is 23.2. The molecule has 1 aliphatic heterocycles. The molecule has 2 atom stereocenters. The first-order valence-electron chi connectivity index (χ1n) is 8.57. The van der Waals surface area contributed by atoms with Crippen molar-refractivity contribution in [2.75, 3.05) is 20.1 Å². The van der Waals surface area contributed by atoms with Crippen LogP contribution in [0.1, 0.15) is 72.6 Å². The van der Waals surface area contributed by atoms with Gasteiger partial charge in [0.05, 0.1) is 0 Å². The van der Waals surface area contributed by atoms with E-state index in [1.165, 1.54) is 58.0 Å². The van der Waals surface area contributed by atoms with Gasteiger partial charge in [-0.2, -0.15) is 0 Å². The minimum Gasteiger partial charge on any atom is -0.315 e. The Bertz CT molecular complexity index is 225. The lowest BCUT2D eigenvalue weighted by Crippen LogP contribution is -2.52. The number of hydrogen-bond acceptors (Lipinski definition) is 2. The Labute approximate surface area is 121 Å². The Morgan fingerprint density at radius 3 is 2.00 bits per heavy atom. The molecule has 1 saturated heterocycles. The summed E-state index contributed by atoms with van der Waals surface area (Å²) in [5, 5.41) is 3.56.